The van der Waals surface area contributed by atoms with E-state index in [1.807, 2.05) is 48.8 Å². The Kier molecular flexibility index (Phi) is 8.45. The van der Waals surface area contributed by atoms with Gasteiger partial charge in [0, 0.05) is 18.0 Å². The van der Waals surface area contributed by atoms with Gasteiger partial charge in [0.15, 0.2) is 23.0 Å². The third-order valence-electron chi connectivity index (χ3n) is 9.64. The van der Waals surface area contributed by atoms with Crippen LogP contribution in [0.25, 0.3) is 22.5 Å². The van der Waals surface area contributed by atoms with E-state index < -0.39 is 0 Å². The van der Waals surface area contributed by atoms with E-state index in [4.69, 9.17) is 19.4 Å². The predicted octanol–water partition coefficient (Wildman–Crippen LogP) is 12.5. The van der Waals surface area contributed by atoms with Gasteiger partial charge in [-0.2, -0.15) is 0 Å². The van der Waals surface area contributed by atoms with Crippen molar-refractivity contribution in [3.05, 3.63) is 126 Å². The number of hydrogen-bond acceptors (Lipinski definition) is 6. The second-order valence-electron chi connectivity index (χ2n) is 13.3. The number of aromatic nitrogens is 2. The van der Waals surface area contributed by atoms with E-state index >= 15 is 0 Å². The van der Waals surface area contributed by atoms with Crippen LogP contribution < -0.4 is 19.7 Å². The zero-order valence-corrected chi connectivity index (χ0v) is 29.2. The van der Waals surface area contributed by atoms with Gasteiger partial charge in [0.1, 0.15) is 0 Å². The Morgan fingerprint density at radius 2 is 1.44 bits per heavy atom. The van der Waals surface area contributed by atoms with Crippen LogP contribution in [0.2, 0.25) is 0 Å². The summed E-state index contributed by atoms with van der Waals surface area (Å²) in [6.07, 6.45) is 10.3. The molecule has 0 aliphatic carbocycles. The maximum absolute atomic E-state index is 6.90. The van der Waals surface area contributed by atoms with Crippen LogP contribution >= 0.6 is 0 Å². The Bertz CT molecular complexity index is 2200. The lowest BCUT2D eigenvalue weighted by atomic mass is 9.96. The molecule has 0 bridgehead atoms. The molecule has 0 amide bonds. The van der Waals surface area contributed by atoms with Crippen LogP contribution in [0.5, 0.6) is 23.0 Å². The second-order valence-corrected chi connectivity index (χ2v) is 13.3. The van der Waals surface area contributed by atoms with E-state index in [9.17, 15) is 0 Å². The zero-order chi connectivity index (χ0) is 34.2. The molecule has 1 N–H and O–H groups in total. The number of nitrogens with one attached hydrogen (secondary N) is 1. The van der Waals surface area contributed by atoms with Crippen LogP contribution in [-0.4, -0.2) is 9.97 Å². The number of anilines is 5. The minimum absolute atomic E-state index is 0.771. The molecule has 0 saturated carbocycles. The van der Waals surface area contributed by atoms with Gasteiger partial charge in [0.25, 0.3) is 0 Å². The van der Waals surface area contributed by atoms with Gasteiger partial charge in [-0.25, -0.2) is 0 Å². The van der Waals surface area contributed by atoms with Crippen molar-refractivity contribution in [3.63, 3.8) is 0 Å². The van der Waals surface area contributed by atoms with Crippen LogP contribution in [0.15, 0.2) is 103 Å². The van der Waals surface area contributed by atoms with Crippen molar-refractivity contribution in [2.45, 2.75) is 66.2 Å². The predicted molar refractivity (Wildman–Crippen MR) is 204 cm³/mol. The Morgan fingerprint density at radius 1 is 0.680 bits per heavy atom. The fourth-order valence-electron chi connectivity index (χ4n) is 7.30. The number of fused-ring (bicyclic) bond motifs is 4. The highest BCUT2D eigenvalue weighted by molar-refractivity contribution is 6.03. The van der Waals surface area contributed by atoms with E-state index in [1.54, 1.807) is 0 Å². The summed E-state index contributed by atoms with van der Waals surface area (Å²) in [6.45, 7) is 8.74. The SMILES string of the molecule is CCCCc1cc(CCCC)c2c(c1)Nc1c(ccc(N3c4cc(C)cc(C)c4Oc4cccc(-c5ccccn5)c43)c1-c1ccccn1)O2. The van der Waals surface area contributed by atoms with Gasteiger partial charge in [-0.1, -0.05) is 63.1 Å². The maximum atomic E-state index is 6.90. The van der Waals surface area contributed by atoms with Gasteiger partial charge in [0.2, 0.25) is 0 Å². The number of benzene rings is 4. The monoisotopic (exact) mass is 658 g/mol. The smallest absolute Gasteiger partial charge is 0.154 e. The Labute approximate surface area is 294 Å². The highest BCUT2D eigenvalue weighted by atomic mass is 16.5. The largest absolute Gasteiger partial charge is 0.453 e. The summed E-state index contributed by atoms with van der Waals surface area (Å²) in [5.74, 6) is 3.32. The normalized spacial score (nSPS) is 12.5. The number of hydrogen-bond donors (Lipinski definition) is 1. The fraction of sp³-hybridized carbons (Fsp3) is 0.227. The average molecular weight is 659 g/mol. The molecule has 6 heteroatoms. The molecule has 6 nitrogen and oxygen atoms in total. The number of pyridine rings is 2. The topological polar surface area (TPSA) is 59.5 Å². The molecule has 50 heavy (non-hydrogen) atoms. The summed E-state index contributed by atoms with van der Waals surface area (Å²) >= 11 is 0. The summed E-state index contributed by atoms with van der Waals surface area (Å²) < 4.78 is 13.6. The first-order chi connectivity index (χ1) is 24.5. The fourth-order valence-corrected chi connectivity index (χ4v) is 7.30. The minimum Gasteiger partial charge on any atom is -0.453 e. The number of nitrogens with zero attached hydrogens (tertiary/aromatic N) is 3. The number of ether oxygens (including phenoxy) is 2. The van der Waals surface area contributed by atoms with Gasteiger partial charge in [-0.3, -0.25) is 9.97 Å². The Hall–Kier alpha value is -5.62. The lowest BCUT2D eigenvalue weighted by Crippen LogP contribution is -2.19. The van der Waals surface area contributed by atoms with Crippen molar-refractivity contribution in [1.29, 1.82) is 0 Å². The number of aryl methyl sites for hydroxylation is 4. The van der Waals surface area contributed by atoms with E-state index in [0.717, 1.165) is 124 Å². The number of para-hydroxylation sites is 1. The van der Waals surface area contributed by atoms with Gasteiger partial charge < -0.3 is 19.7 Å². The van der Waals surface area contributed by atoms with E-state index in [0.29, 0.717) is 0 Å². The Morgan fingerprint density at radius 3 is 2.20 bits per heavy atom. The summed E-state index contributed by atoms with van der Waals surface area (Å²) in [5.41, 5.74) is 13.3. The Balaban J connectivity index is 1.38. The third-order valence-corrected chi connectivity index (χ3v) is 9.64. The van der Waals surface area contributed by atoms with Gasteiger partial charge >= 0.3 is 0 Å². The quantitative estimate of drug-likeness (QED) is 0.167. The molecule has 0 fully saturated rings. The molecule has 2 aliphatic heterocycles. The minimum atomic E-state index is 0.771. The molecule has 4 heterocycles. The van der Waals surface area contributed by atoms with Gasteiger partial charge in [-0.15, -0.1) is 0 Å². The van der Waals surface area contributed by atoms with Crippen molar-refractivity contribution < 1.29 is 9.47 Å². The highest BCUT2D eigenvalue weighted by Crippen LogP contribution is 2.59. The molecule has 8 rings (SSSR count). The number of unbranched alkanes of at least 4 members (excludes halogenated alkanes) is 2. The van der Waals surface area contributed by atoms with Crippen LogP contribution in [-0.2, 0) is 12.8 Å². The molecule has 6 aromatic rings. The maximum Gasteiger partial charge on any atom is 0.154 e. The van der Waals surface area contributed by atoms with Crippen LogP contribution in [0.3, 0.4) is 0 Å². The zero-order valence-electron chi connectivity index (χ0n) is 29.2. The summed E-state index contributed by atoms with van der Waals surface area (Å²) in [5, 5.41) is 3.90. The molecule has 250 valence electrons. The summed E-state index contributed by atoms with van der Waals surface area (Å²) in [4.78, 5) is 12.1. The van der Waals surface area contributed by atoms with Crippen molar-refractivity contribution in [2.24, 2.45) is 0 Å². The molecule has 0 radical (unpaired) electrons. The highest BCUT2D eigenvalue weighted by Gasteiger charge is 2.34. The van der Waals surface area contributed by atoms with Crippen molar-refractivity contribution >= 4 is 28.4 Å². The van der Waals surface area contributed by atoms with Crippen LogP contribution in [0, 0.1) is 13.8 Å². The summed E-state index contributed by atoms with van der Waals surface area (Å²) in [6, 6.07) is 31.6. The van der Waals surface area contributed by atoms with E-state index in [-0.39, 0.29) is 0 Å². The van der Waals surface area contributed by atoms with Gasteiger partial charge in [0.05, 0.1) is 45.4 Å². The van der Waals surface area contributed by atoms with Crippen LogP contribution in [0.1, 0.15) is 61.8 Å². The van der Waals surface area contributed by atoms with E-state index in [2.05, 4.69) is 92.5 Å². The molecule has 2 aliphatic rings. The number of rotatable bonds is 9. The lowest BCUT2D eigenvalue weighted by Gasteiger charge is -2.37. The molecule has 2 aromatic heterocycles. The summed E-state index contributed by atoms with van der Waals surface area (Å²) in [7, 11) is 0. The lowest BCUT2D eigenvalue weighted by molar-refractivity contribution is 0.472. The van der Waals surface area contributed by atoms with E-state index in [1.165, 1.54) is 11.1 Å². The standard InChI is InChI=1S/C44H42N4O2/c1-5-7-14-30-26-31(15-8-6-2)44-35(27-30)47-41-38(49-44)21-20-36(40(41)34-18-10-12-23-46-34)48-37-25-28(3)24-29(4)43(37)50-39-19-13-16-32(42(39)48)33-17-9-11-22-45-33/h9-13,16-27,47H,5-8,14-15H2,1-4H3. The average Bonchev–Trinajstić information content (AvgIpc) is 3.14. The van der Waals surface area contributed by atoms with Crippen molar-refractivity contribution in [1.82, 2.24) is 9.97 Å². The molecule has 0 atom stereocenters. The first-order valence-electron chi connectivity index (χ1n) is 17.9. The molecular formula is C44H42N4O2. The van der Waals surface area contributed by atoms with Gasteiger partial charge in [-0.05, 0) is 116 Å². The molecule has 0 spiro atoms. The molecule has 0 unspecified atom stereocenters. The molecule has 0 saturated heterocycles. The van der Waals surface area contributed by atoms with Crippen molar-refractivity contribution in [2.75, 3.05) is 10.2 Å². The first kappa shape index (κ1) is 31.6. The molecule has 4 aromatic carbocycles. The first-order valence-corrected chi connectivity index (χ1v) is 17.9. The second kappa shape index (κ2) is 13.4. The van der Waals surface area contributed by atoms with Crippen LogP contribution in [0.4, 0.5) is 28.4 Å². The molecular weight excluding hydrogens is 617 g/mol. The van der Waals surface area contributed by atoms with Crippen molar-refractivity contribution in [3.8, 4) is 45.5 Å². The third kappa shape index (κ3) is 5.65.